The molecule has 0 bridgehead atoms. The smallest absolute Gasteiger partial charge is 0.262 e. The van der Waals surface area contributed by atoms with Crippen LogP contribution in [0.1, 0.15) is 19.4 Å². The molecular weight excluding hydrogens is 306 g/mol. The maximum atomic E-state index is 12.1. The van der Waals surface area contributed by atoms with E-state index in [1.807, 2.05) is 51.1 Å². The van der Waals surface area contributed by atoms with Crippen LogP contribution in [0.2, 0.25) is 0 Å². The summed E-state index contributed by atoms with van der Waals surface area (Å²) in [5.41, 5.74) is 1.71. The quantitative estimate of drug-likeness (QED) is 0.800. The van der Waals surface area contributed by atoms with E-state index in [0.29, 0.717) is 36.1 Å². The van der Waals surface area contributed by atoms with Gasteiger partial charge in [0.1, 0.15) is 17.2 Å². The van der Waals surface area contributed by atoms with Gasteiger partial charge in [-0.25, -0.2) is 0 Å². The van der Waals surface area contributed by atoms with Crippen molar-refractivity contribution >= 4 is 11.6 Å². The van der Waals surface area contributed by atoms with Crippen molar-refractivity contribution in [3.63, 3.8) is 0 Å². The summed E-state index contributed by atoms with van der Waals surface area (Å²) in [7, 11) is 0. The minimum Gasteiger partial charge on any atom is -0.494 e. The molecule has 0 aliphatic carbocycles. The lowest BCUT2D eigenvalue weighted by Gasteiger charge is -2.14. The number of anilines is 1. The van der Waals surface area contributed by atoms with Crippen molar-refractivity contribution in [2.45, 2.75) is 20.8 Å². The Kier molecular flexibility index (Phi) is 6.49. The predicted molar refractivity (Wildman–Crippen MR) is 94.1 cm³/mol. The zero-order valence-electron chi connectivity index (χ0n) is 14.3. The molecule has 0 aromatic heterocycles. The molecule has 0 spiro atoms. The van der Waals surface area contributed by atoms with Crippen molar-refractivity contribution in [2.24, 2.45) is 0 Å². The summed E-state index contributed by atoms with van der Waals surface area (Å²) in [6, 6.07) is 12.9. The number of hydrogen-bond acceptors (Lipinski definition) is 4. The Morgan fingerprint density at radius 2 is 1.58 bits per heavy atom. The predicted octanol–water partition coefficient (Wildman–Crippen LogP) is 3.81. The molecule has 0 radical (unpaired) electrons. The van der Waals surface area contributed by atoms with E-state index in [1.165, 1.54) is 0 Å². The summed E-state index contributed by atoms with van der Waals surface area (Å²) in [5, 5.41) is 2.81. The molecule has 0 saturated heterocycles. The van der Waals surface area contributed by atoms with E-state index in [1.54, 1.807) is 12.1 Å². The SMILES string of the molecule is CCOc1ccc(OCC)c(NC(=O)COc2ccc(C)cc2)c1. The van der Waals surface area contributed by atoms with Gasteiger partial charge >= 0.3 is 0 Å². The van der Waals surface area contributed by atoms with Gasteiger partial charge in [-0.15, -0.1) is 0 Å². The summed E-state index contributed by atoms with van der Waals surface area (Å²) >= 11 is 0. The number of carbonyl (C=O) groups excluding carboxylic acids is 1. The highest BCUT2D eigenvalue weighted by molar-refractivity contribution is 5.93. The Morgan fingerprint density at radius 1 is 0.917 bits per heavy atom. The molecule has 2 aromatic rings. The first-order valence-corrected chi connectivity index (χ1v) is 8.01. The molecule has 2 rings (SSSR count). The van der Waals surface area contributed by atoms with Gasteiger partial charge in [-0.3, -0.25) is 4.79 Å². The fourth-order valence-electron chi connectivity index (χ4n) is 2.11. The lowest BCUT2D eigenvalue weighted by molar-refractivity contribution is -0.118. The highest BCUT2D eigenvalue weighted by Crippen LogP contribution is 2.29. The van der Waals surface area contributed by atoms with E-state index in [-0.39, 0.29) is 12.5 Å². The number of carbonyl (C=O) groups is 1. The zero-order chi connectivity index (χ0) is 17.4. The van der Waals surface area contributed by atoms with Gasteiger partial charge in [0.2, 0.25) is 0 Å². The lowest BCUT2D eigenvalue weighted by atomic mass is 10.2. The van der Waals surface area contributed by atoms with Gasteiger partial charge in [0.05, 0.1) is 18.9 Å². The first-order chi connectivity index (χ1) is 11.6. The van der Waals surface area contributed by atoms with Crippen LogP contribution in [0.25, 0.3) is 0 Å². The standard InChI is InChI=1S/C19H23NO4/c1-4-22-16-10-11-18(23-5-2)17(12-16)20-19(21)13-24-15-8-6-14(3)7-9-15/h6-12H,4-5,13H2,1-3H3,(H,20,21). The summed E-state index contributed by atoms with van der Waals surface area (Å²) in [5.74, 6) is 1.68. The monoisotopic (exact) mass is 329 g/mol. The second-order valence-electron chi connectivity index (χ2n) is 5.17. The van der Waals surface area contributed by atoms with Crippen molar-refractivity contribution in [3.8, 4) is 17.2 Å². The molecule has 1 amide bonds. The Morgan fingerprint density at radius 3 is 2.25 bits per heavy atom. The summed E-state index contributed by atoms with van der Waals surface area (Å²) < 4.78 is 16.5. The van der Waals surface area contributed by atoms with Crippen LogP contribution in [0.15, 0.2) is 42.5 Å². The number of amides is 1. The van der Waals surface area contributed by atoms with Crippen LogP contribution >= 0.6 is 0 Å². The van der Waals surface area contributed by atoms with Crippen LogP contribution in [-0.4, -0.2) is 25.7 Å². The van der Waals surface area contributed by atoms with Crippen molar-refractivity contribution in [1.29, 1.82) is 0 Å². The summed E-state index contributed by atoms with van der Waals surface area (Å²) in [4.78, 5) is 12.1. The van der Waals surface area contributed by atoms with E-state index in [4.69, 9.17) is 14.2 Å². The van der Waals surface area contributed by atoms with Crippen molar-refractivity contribution in [1.82, 2.24) is 0 Å². The minimum atomic E-state index is -0.259. The van der Waals surface area contributed by atoms with Gasteiger partial charge in [-0.1, -0.05) is 17.7 Å². The number of hydrogen-bond donors (Lipinski definition) is 1. The van der Waals surface area contributed by atoms with Gasteiger partial charge in [0.25, 0.3) is 5.91 Å². The fourth-order valence-corrected chi connectivity index (χ4v) is 2.11. The Bertz CT molecular complexity index is 668. The van der Waals surface area contributed by atoms with Gasteiger partial charge in [-0.05, 0) is 45.0 Å². The van der Waals surface area contributed by atoms with Crippen LogP contribution in [0.4, 0.5) is 5.69 Å². The third kappa shape index (κ3) is 5.19. The van der Waals surface area contributed by atoms with E-state index >= 15 is 0 Å². The number of aryl methyl sites for hydroxylation is 1. The summed E-state index contributed by atoms with van der Waals surface area (Å²) in [6.45, 7) is 6.78. The molecule has 5 heteroatoms. The number of ether oxygens (including phenoxy) is 3. The molecule has 2 aromatic carbocycles. The van der Waals surface area contributed by atoms with Crippen LogP contribution in [-0.2, 0) is 4.79 Å². The lowest BCUT2D eigenvalue weighted by Crippen LogP contribution is -2.20. The Labute approximate surface area is 142 Å². The molecule has 0 fully saturated rings. The van der Waals surface area contributed by atoms with Crippen LogP contribution in [0.5, 0.6) is 17.2 Å². The molecule has 0 aliphatic heterocycles. The van der Waals surface area contributed by atoms with E-state index in [2.05, 4.69) is 5.32 Å². The fraction of sp³-hybridized carbons (Fsp3) is 0.316. The van der Waals surface area contributed by atoms with Crippen molar-refractivity contribution in [3.05, 3.63) is 48.0 Å². The molecule has 0 saturated carbocycles. The average Bonchev–Trinajstić information content (AvgIpc) is 2.57. The first-order valence-electron chi connectivity index (χ1n) is 8.01. The van der Waals surface area contributed by atoms with Gasteiger partial charge in [0.15, 0.2) is 6.61 Å². The maximum absolute atomic E-state index is 12.1. The molecule has 0 aliphatic rings. The van der Waals surface area contributed by atoms with Crippen LogP contribution in [0.3, 0.4) is 0 Å². The molecule has 24 heavy (non-hydrogen) atoms. The van der Waals surface area contributed by atoms with Crippen LogP contribution < -0.4 is 19.5 Å². The third-order valence-corrected chi connectivity index (χ3v) is 3.23. The van der Waals surface area contributed by atoms with Gasteiger partial charge in [-0.2, -0.15) is 0 Å². The Hall–Kier alpha value is -2.69. The highest BCUT2D eigenvalue weighted by Gasteiger charge is 2.10. The van der Waals surface area contributed by atoms with Gasteiger partial charge < -0.3 is 19.5 Å². The van der Waals surface area contributed by atoms with E-state index in [9.17, 15) is 4.79 Å². The van der Waals surface area contributed by atoms with E-state index < -0.39 is 0 Å². The maximum Gasteiger partial charge on any atom is 0.262 e. The van der Waals surface area contributed by atoms with Crippen molar-refractivity contribution in [2.75, 3.05) is 25.1 Å². The normalized spacial score (nSPS) is 10.1. The molecule has 0 unspecified atom stereocenters. The number of rotatable bonds is 8. The molecule has 128 valence electrons. The second kappa shape index (κ2) is 8.82. The Balaban J connectivity index is 2.00. The topological polar surface area (TPSA) is 56.8 Å². The number of nitrogens with one attached hydrogen (secondary N) is 1. The van der Waals surface area contributed by atoms with Crippen LogP contribution in [0, 0.1) is 6.92 Å². The highest BCUT2D eigenvalue weighted by atomic mass is 16.5. The largest absolute Gasteiger partial charge is 0.494 e. The second-order valence-corrected chi connectivity index (χ2v) is 5.17. The zero-order valence-corrected chi connectivity index (χ0v) is 14.3. The molecule has 5 nitrogen and oxygen atoms in total. The van der Waals surface area contributed by atoms with Crippen molar-refractivity contribution < 1.29 is 19.0 Å². The third-order valence-electron chi connectivity index (χ3n) is 3.23. The molecule has 0 atom stereocenters. The molecule has 0 heterocycles. The summed E-state index contributed by atoms with van der Waals surface area (Å²) in [6.07, 6.45) is 0. The molecule has 1 N–H and O–H groups in total. The first kappa shape index (κ1) is 17.7. The van der Waals surface area contributed by atoms with E-state index in [0.717, 1.165) is 5.56 Å². The number of benzene rings is 2. The van der Waals surface area contributed by atoms with Gasteiger partial charge in [0, 0.05) is 6.07 Å². The minimum absolute atomic E-state index is 0.0759. The average molecular weight is 329 g/mol. The molecular formula is C19H23NO4.